The molecule has 0 aliphatic carbocycles. The molecule has 0 saturated carbocycles. The van der Waals surface area contributed by atoms with Crippen LogP contribution >= 0.6 is 0 Å². The van der Waals surface area contributed by atoms with E-state index in [1.165, 1.54) is 4.68 Å². The first-order valence-electron chi connectivity index (χ1n) is 10.6. The normalized spacial score (nSPS) is 12.6. The Hall–Kier alpha value is -4.94. The number of nitrogens with one attached hydrogen (secondary N) is 1. The Balaban J connectivity index is 1.49. The summed E-state index contributed by atoms with van der Waals surface area (Å²) in [5, 5.41) is 19.7. The molecule has 0 atom stereocenters. The van der Waals surface area contributed by atoms with Crippen LogP contribution in [0.3, 0.4) is 0 Å². The molecule has 2 aromatic heterocycles. The number of amides is 1. The molecular formula is C22H20N8O5. The summed E-state index contributed by atoms with van der Waals surface area (Å²) in [7, 11) is 0. The molecule has 0 spiro atoms. The van der Waals surface area contributed by atoms with Gasteiger partial charge in [0.15, 0.2) is 17.2 Å². The standard InChI is InChI=1S/C22H20N8O5/c1-3-32-15-6-4-5-14(9-15)19-18(25-29-30(19)21-20(23)27-35-28-21)22(31)26-24-12(2)13-7-8-16-17(10-13)34-11-33-16/h4-10H,3,11H2,1-2H3,(H2,23,27)(H,26,31)/b24-12-. The number of nitrogens with two attached hydrogens (primary N) is 1. The van der Waals surface area contributed by atoms with Crippen molar-refractivity contribution < 1.29 is 23.6 Å². The number of hydrazone groups is 1. The number of hydrogen-bond donors (Lipinski definition) is 2. The van der Waals surface area contributed by atoms with Gasteiger partial charge in [-0.2, -0.15) is 9.78 Å². The number of fused-ring (bicyclic) bond motifs is 1. The molecule has 3 N–H and O–H groups in total. The van der Waals surface area contributed by atoms with Crippen molar-refractivity contribution in [2.24, 2.45) is 5.10 Å². The number of hydrogen-bond acceptors (Lipinski definition) is 11. The number of nitrogens with zero attached hydrogens (tertiary/aromatic N) is 6. The van der Waals surface area contributed by atoms with E-state index in [0.717, 1.165) is 5.56 Å². The van der Waals surface area contributed by atoms with Crippen molar-refractivity contribution in [1.29, 1.82) is 0 Å². The Morgan fingerprint density at radius 1 is 1.20 bits per heavy atom. The molecule has 35 heavy (non-hydrogen) atoms. The topological polar surface area (TPSA) is 165 Å². The average molecular weight is 476 g/mol. The fourth-order valence-corrected chi connectivity index (χ4v) is 3.45. The molecule has 0 saturated heterocycles. The quantitative estimate of drug-likeness (QED) is 0.298. The third-order valence-corrected chi connectivity index (χ3v) is 5.12. The third kappa shape index (κ3) is 4.21. The van der Waals surface area contributed by atoms with Crippen molar-refractivity contribution in [3.8, 4) is 34.3 Å². The summed E-state index contributed by atoms with van der Waals surface area (Å²) in [4.78, 5) is 13.1. The molecule has 0 bridgehead atoms. The average Bonchev–Trinajstić information content (AvgIpc) is 3.61. The fraction of sp³-hybridized carbons (Fsp3) is 0.182. The van der Waals surface area contributed by atoms with Crippen molar-refractivity contribution >= 4 is 17.4 Å². The second-order valence-electron chi connectivity index (χ2n) is 7.34. The van der Waals surface area contributed by atoms with E-state index in [0.29, 0.717) is 40.8 Å². The van der Waals surface area contributed by atoms with E-state index >= 15 is 0 Å². The molecule has 0 fully saturated rings. The van der Waals surface area contributed by atoms with Gasteiger partial charge >= 0.3 is 0 Å². The van der Waals surface area contributed by atoms with E-state index < -0.39 is 5.91 Å². The Kier molecular flexibility index (Phi) is 5.71. The highest BCUT2D eigenvalue weighted by Crippen LogP contribution is 2.33. The van der Waals surface area contributed by atoms with E-state index in [-0.39, 0.29) is 24.1 Å². The first-order chi connectivity index (χ1) is 17.0. The first kappa shape index (κ1) is 21.9. The Bertz CT molecular complexity index is 1430. The van der Waals surface area contributed by atoms with Crippen LogP contribution in [0.2, 0.25) is 0 Å². The van der Waals surface area contributed by atoms with Crippen LogP contribution in [0.5, 0.6) is 17.2 Å². The Morgan fingerprint density at radius 3 is 2.86 bits per heavy atom. The summed E-state index contributed by atoms with van der Waals surface area (Å²) in [6.07, 6.45) is 0. The maximum absolute atomic E-state index is 13.1. The summed E-state index contributed by atoms with van der Waals surface area (Å²) in [6, 6.07) is 12.5. The Labute approximate surface area is 198 Å². The molecule has 178 valence electrons. The molecule has 0 radical (unpaired) electrons. The first-order valence-corrected chi connectivity index (χ1v) is 10.6. The fourth-order valence-electron chi connectivity index (χ4n) is 3.45. The zero-order valence-electron chi connectivity index (χ0n) is 18.8. The number of benzene rings is 2. The highest BCUT2D eigenvalue weighted by molar-refractivity contribution is 6.02. The molecule has 3 heterocycles. The second-order valence-corrected chi connectivity index (χ2v) is 7.34. The summed E-state index contributed by atoms with van der Waals surface area (Å²) in [6.45, 7) is 4.27. The zero-order chi connectivity index (χ0) is 24.4. The van der Waals surface area contributed by atoms with Gasteiger partial charge in [0.2, 0.25) is 18.4 Å². The van der Waals surface area contributed by atoms with Crippen molar-refractivity contribution in [3.05, 3.63) is 53.7 Å². The number of aromatic nitrogens is 5. The lowest BCUT2D eigenvalue weighted by atomic mass is 10.1. The van der Waals surface area contributed by atoms with Gasteiger partial charge in [0.05, 0.1) is 12.3 Å². The SMILES string of the molecule is CCOc1cccc(-c2c(C(=O)N/N=C(/C)c3ccc4c(c3)OCO4)nnn2-c2nonc2N)c1. The van der Waals surface area contributed by atoms with Gasteiger partial charge in [0, 0.05) is 11.1 Å². The van der Waals surface area contributed by atoms with Crippen LogP contribution in [0.25, 0.3) is 17.1 Å². The van der Waals surface area contributed by atoms with Crippen LogP contribution in [-0.2, 0) is 0 Å². The van der Waals surface area contributed by atoms with Gasteiger partial charge < -0.3 is 19.9 Å². The molecule has 0 unspecified atom stereocenters. The minimum absolute atomic E-state index is 0.0108. The largest absolute Gasteiger partial charge is 0.494 e. The number of carbonyl (C=O) groups is 1. The van der Waals surface area contributed by atoms with E-state index in [4.69, 9.17) is 24.6 Å². The molecule has 13 nitrogen and oxygen atoms in total. The molecule has 1 amide bonds. The third-order valence-electron chi connectivity index (χ3n) is 5.12. The van der Waals surface area contributed by atoms with Crippen LogP contribution in [0, 0.1) is 0 Å². The molecule has 1 aliphatic heterocycles. The number of nitrogen functional groups attached to an aromatic ring is 1. The molecular weight excluding hydrogens is 456 g/mol. The van der Waals surface area contributed by atoms with E-state index in [2.05, 4.69) is 31.2 Å². The van der Waals surface area contributed by atoms with E-state index in [1.54, 1.807) is 43.3 Å². The monoisotopic (exact) mass is 476 g/mol. The van der Waals surface area contributed by atoms with Gasteiger partial charge in [0.25, 0.3) is 5.91 Å². The predicted molar refractivity (Wildman–Crippen MR) is 122 cm³/mol. The number of rotatable bonds is 7. The minimum Gasteiger partial charge on any atom is -0.494 e. The van der Waals surface area contributed by atoms with Crippen molar-refractivity contribution in [2.75, 3.05) is 19.1 Å². The van der Waals surface area contributed by atoms with Gasteiger partial charge in [0.1, 0.15) is 11.4 Å². The summed E-state index contributed by atoms with van der Waals surface area (Å²) < 4.78 is 22.3. The molecule has 1 aliphatic rings. The Morgan fingerprint density at radius 2 is 2.06 bits per heavy atom. The van der Waals surface area contributed by atoms with Crippen LogP contribution < -0.4 is 25.4 Å². The van der Waals surface area contributed by atoms with Gasteiger partial charge in [-0.25, -0.2) is 10.1 Å². The van der Waals surface area contributed by atoms with Crippen molar-refractivity contribution in [1.82, 2.24) is 30.7 Å². The van der Waals surface area contributed by atoms with E-state index in [9.17, 15) is 4.79 Å². The van der Waals surface area contributed by atoms with Gasteiger partial charge in [-0.3, -0.25) is 4.79 Å². The highest BCUT2D eigenvalue weighted by atomic mass is 16.7. The van der Waals surface area contributed by atoms with Crippen LogP contribution in [0.1, 0.15) is 29.9 Å². The summed E-state index contributed by atoms with van der Waals surface area (Å²) >= 11 is 0. The van der Waals surface area contributed by atoms with Crippen molar-refractivity contribution in [3.63, 3.8) is 0 Å². The minimum atomic E-state index is -0.594. The van der Waals surface area contributed by atoms with Crippen LogP contribution in [0.4, 0.5) is 5.82 Å². The predicted octanol–water partition coefficient (Wildman–Crippen LogP) is 2.18. The van der Waals surface area contributed by atoms with Crippen LogP contribution in [-0.4, -0.2) is 50.3 Å². The molecule has 5 rings (SSSR count). The maximum atomic E-state index is 13.1. The second kappa shape index (κ2) is 9.13. The molecule has 13 heteroatoms. The van der Waals surface area contributed by atoms with E-state index in [1.807, 2.05) is 13.0 Å². The lowest BCUT2D eigenvalue weighted by molar-refractivity contribution is 0.0950. The lowest BCUT2D eigenvalue weighted by Gasteiger charge is -2.09. The zero-order valence-corrected chi connectivity index (χ0v) is 18.8. The van der Waals surface area contributed by atoms with Gasteiger partial charge in [-0.15, -0.1) is 5.10 Å². The summed E-state index contributed by atoms with van der Waals surface area (Å²) in [5.41, 5.74) is 10.6. The number of anilines is 1. The molecule has 4 aromatic rings. The lowest BCUT2D eigenvalue weighted by Crippen LogP contribution is -2.21. The maximum Gasteiger partial charge on any atom is 0.294 e. The van der Waals surface area contributed by atoms with Crippen LogP contribution in [0.15, 0.2) is 52.2 Å². The van der Waals surface area contributed by atoms with Crippen molar-refractivity contribution in [2.45, 2.75) is 13.8 Å². The summed E-state index contributed by atoms with van der Waals surface area (Å²) in [5.74, 6) is 1.36. The highest BCUT2D eigenvalue weighted by Gasteiger charge is 2.25. The molecule has 2 aromatic carbocycles. The smallest absolute Gasteiger partial charge is 0.294 e. The van der Waals surface area contributed by atoms with Gasteiger partial charge in [-0.1, -0.05) is 17.3 Å². The van der Waals surface area contributed by atoms with Gasteiger partial charge in [-0.05, 0) is 54.5 Å². The number of ether oxygens (including phenoxy) is 3. The number of carbonyl (C=O) groups excluding carboxylic acids is 1.